The van der Waals surface area contributed by atoms with Gasteiger partial charge >= 0.3 is 5.97 Å². The van der Waals surface area contributed by atoms with E-state index in [1.165, 1.54) is 6.26 Å². The molecule has 2 heterocycles. The molecule has 41 heavy (non-hydrogen) atoms. The van der Waals surface area contributed by atoms with Crippen molar-refractivity contribution in [3.05, 3.63) is 126 Å². The van der Waals surface area contributed by atoms with E-state index in [1.807, 2.05) is 89.8 Å². The number of carbonyl (C=O) groups is 3. The van der Waals surface area contributed by atoms with E-state index in [2.05, 4.69) is 5.32 Å². The lowest BCUT2D eigenvalue weighted by Gasteiger charge is -2.44. The second kappa shape index (κ2) is 11.5. The SMILES string of the molecule is O=C(CCc1ccccc1)N[C@H]1[C@@H](OC(=O)c2ccco2)CCC[C@@]12C(=O)N(Cc1ccccc1)c1ccccc12. The fourth-order valence-electron chi connectivity index (χ4n) is 6.32. The summed E-state index contributed by atoms with van der Waals surface area (Å²) in [6.07, 6.45) is 3.23. The van der Waals surface area contributed by atoms with Gasteiger partial charge in [0.1, 0.15) is 11.5 Å². The molecule has 0 bridgehead atoms. The van der Waals surface area contributed by atoms with Gasteiger partial charge in [0, 0.05) is 12.1 Å². The number of furan rings is 1. The number of anilines is 1. The Hall–Kier alpha value is -4.65. The van der Waals surface area contributed by atoms with Gasteiger partial charge in [-0.15, -0.1) is 0 Å². The van der Waals surface area contributed by atoms with Crippen molar-refractivity contribution in [2.24, 2.45) is 0 Å². The third kappa shape index (κ3) is 5.15. The van der Waals surface area contributed by atoms with Crippen molar-refractivity contribution >= 4 is 23.5 Å². The Morgan fingerprint density at radius 2 is 1.61 bits per heavy atom. The number of fused-ring (bicyclic) bond motifs is 2. The number of carbonyl (C=O) groups excluding carboxylic acids is 3. The molecule has 7 nitrogen and oxygen atoms in total. The number of amides is 2. The Morgan fingerprint density at radius 3 is 2.34 bits per heavy atom. The van der Waals surface area contributed by atoms with Crippen LogP contribution in [0, 0.1) is 0 Å². The largest absolute Gasteiger partial charge is 0.457 e. The number of ether oxygens (including phenoxy) is 1. The van der Waals surface area contributed by atoms with E-state index in [1.54, 1.807) is 12.1 Å². The summed E-state index contributed by atoms with van der Waals surface area (Å²) < 4.78 is 11.3. The minimum absolute atomic E-state index is 0.0858. The molecule has 208 valence electrons. The van der Waals surface area contributed by atoms with Crippen LogP contribution in [-0.4, -0.2) is 29.9 Å². The second-order valence-corrected chi connectivity index (χ2v) is 10.7. The molecule has 4 aromatic rings. The number of aryl methyl sites for hydroxylation is 1. The molecule has 1 spiro atoms. The second-order valence-electron chi connectivity index (χ2n) is 10.7. The van der Waals surface area contributed by atoms with Crippen molar-refractivity contribution in [3.63, 3.8) is 0 Å². The highest BCUT2D eigenvalue weighted by Crippen LogP contribution is 2.51. The van der Waals surface area contributed by atoms with Crippen molar-refractivity contribution < 1.29 is 23.5 Å². The number of rotatable bonds is 8. The summed E-state index contributed by atoms with van der Waals surface area (Å²) >= 11 is 0. The number of nitrogens with zero attached hydrogens (tertiary/aromatic N) is 1. The summed E-state index contributed by atoms with van der Waals surface area (Å²) in [4.78, 5) is 42.9. The molecule has 1 fully saturated rings. The molecular formula is C34H32N2O5. The Morgan fingerprint density at radius 1 is 0.902 bits per heavy atom. The van der Waals surface area contributed by atoms with Crippen molar-refractivity contribution in [2.45, 2.75) is 56.2 Å². The van der Waals surface area contributed by atoms with Crippen molar-refractivity contribution in [1.29, 1.82) is 0 Å². The van der Waals surface area contributed by atoms with E-state index in [0.717, 1.165) is 22.4 Å². The first-order valence-corrected chi connectivity index (χ1v) is 14.1. The molecule has 6 rings (SSSR count). The summed E-state index contributed by atoms with van der Waals surface area (Å²) in [5.74, 6) is -0.802. The molecule has 0 unspecified atom stereocenters. The molecule has 3 aromatic carbocycles. The molecule has 7 heteroatoms. The molecule has 1 aliphatic carbocycles. The highest BCUT2D eigenvalue weighted by molar-refractivity contribution is 6.09. The molecule has 1 N–H and O–H groups in total. The zero-order valence-electron chi connectivity index (χ0n) is 22.7. The van der Waals surface area contributed by atoms with Gasteiger partial charge in [-0.1, -0.05) is 78.9 Å². The van der Waals surface area contributed by atoms with Crippen LogP contribution in [0.15, 0.2) is 108 Å². The topological polar surface area (TPSA) is 88.8 Å². The highest BCUT2D eigenvalue weighted by Gasteiger charge is 2.60. The lowest BCUT2D eigenvalue weighted by Crippen LogP contribution is -2.63. The molecule has 1 saturated carbocycles. The monoisotopic (exact) mass is 548 g/mol. The minimum Gasteiger partial charge on any atom is -0.457 e. The van der Waals surface area contributed by atoms with Crippen LogP contribution < -0.4 is 10.2 Å². The van der Waals surface area contributed by atoms with Gasteiger partial charge in [0.05, 0.1) is 18.8 Å². The fraction of sp³-hybridized carbons (Fsp3) is 0.265. The van der Waals surface area contributed by atoms with Gasteiger partial charge in [-0.25, -0.2) is 4.79 Å². The van der Waals surface area contributed by atoms with Gasteiger partial charge in [-0.05, 0) is 60.6 Å². The third-order valence-corrected chi connectivity index (χ3v) is 8.23. The van der Waals surface area contributed by atoms with Gasteiger partial charge in [-0.2, -0.15) is 0 Å². The van der Waals surface area contributed by atoms with E-state index in [9.17, 15) is 14.4 Å². The normalized spacial score (nSPS) is 21.5. The molecule has 1 aromatic heterocycles. The summed E-state index contributed by atoms with van der Waals surface area (Å²) in [7, 11) is 0. The number of hydrogen-bond donors (Lipinski definition) is 1. The van der Waals surface area contributed by atoms with Crippen LogP contribution in [0.1, 0.15) is 52.9 Å². The smallest absolute Gasteiger partial charge is 0.374 e. The molecular weight excluding hydrogens is 516 g/mol. The maximum absolute atomic E-state index is 14.6. The summed E-state index contributed by atoms with van der Waals surface area (Å²) in [5.41, 5.74) is 2.67. The van der Waals surface area contributed by atoms with Gasteiger partial charge in [0.15, 0.2) is 0 Å². The average molecular weight is 549 g/mol. The van der Waals surface area contributed by atoms with Gasteiger partial charge < -0.3 is 19.4 Å². The predicted octanol–water partition coefficient (Wildman–Crippen LogP) is 5.59. The standard InChI is InChI=1S/C34H32N2O5/c37-30(20-19-24-11-3-1-4-12-24)35-31-28(41-32(38)29-18-10-22-40-29)17-9-21-34(31)26-15-7-8-16-27(26)36(33(34)39)23-25-13-5-2-6-14-25/h1-8,10-16,18,22,28,31H,9,17,19-21,23H2,(H,35,37)/t28-,31-,34-/m0/s1. The first-order valence-electron chi connectivity index (χ1n) is 14.1. The minimum atomic E-state index is -1.07. The Bertz CT molecular complexity index is 1520. The van der Waals surface area contributed by atoms with Gasteiger partial charge in [0.25, 0.3) is 0 Å². The number of hydrogen-bond acceptors (Lipinski definition) is 5. The van der Waals surface area contributed by atoms with Crippen LogP contribution in [0.3, 0.4) is 0 Å². The van der Waals surface area contributed by atoms with Crippen LogP contribution in [0.25, 0.3) is 0 Å². The first-order chi connectivity index (χ1) is 20.1. The van der Waals surface area contributed by atoms with Gasteiger partial charge in [0.2, 0.25) is 17.6 Å². The van der Waals surface area contributed by atoms with Crippen LogP contribution in [0.5, 0.6) is 0 Å². The quantitative estimate of drug-likeness (QED) is 0.290. The molecule has 0 radical (unpaired) electrons. The van der Waals surface area contributed by atoms with Crippen LogP contribution in [0.4, 0.5) is 5.69 Å². The van der Waals surface area contributed by atoms with Crippen molar-refractivity contribution in [3.8, 4) is 0 Å². The lowest BCUT2D eigenvalue weighted by molar-refractivity contribution is -0.131. The summed E-state index contributed by atoms with van der Waals surface area (Å²) in [6, 6.07) is 29.9. The Labute approximate surface area is 239 Å². The van der Waals surface area contributed by atoms with Crippen LogP contribution >= 0.6 is 0 Å². The zero-order valence-corrected chi connectivity index (χ0v) is 22.7. The molecule has 1 aliphatic heterocycles. The van der Waals surface area contributed by atoms with Crippen LogP contribution in [0.2, 0.25) is 0 Å². The Kier molecular flexibility index (Phi) is 7.42. The predicted molar refractivity (Wildman–Crippen MR) is 154 cm³/mol. The number of para-hydroxylation sites is 1. The molecule has 2 aliphatic rings. The number of nitrogens with one attached hydrogen (secondary N) is 1. The summed E-state index contributed by atoms with van der Waals surface area (Å²) in [5, 5.41) is 3.18. The van der Waals surface area contributed by atoms with Crippen molar-refractivity contribution in [2.75, 3.05) is 4.90 Å². The zero-order chi connectivity index (χ0) is 28.2. The number of esters is 1. The third-order valence-electron chi connectivity index (χ3n) is 8.23. The Balaban J connectivity index is 1.35. The molecule has 2 amide bonds. The van der Waals surface area contributed by atoms with E-state index in [0.29, 0.717) is 32.2 Å². The molecule has 3 atom stereocenters. The van der Waals surface area contributed by atoms with E-state index < -0.39 is 23.5 Å². The number of benzene rings is 3. The first kappa shape index (κ1) is 26.6. The maximum Gasteiger partial charge on any atom is 0.374 e. The highest BCUT2D eigenvalue weighted by atomic mass is 16.6. The van der Waals surface area contributed by atoms with Crippen LogP contribution in [-0.2, 0) is 32.7 Å². The van der Waals surface area contributed by atoms with Crippen molar-refractivity contribution in [1.82, 2.24) is 5.32 Å². The fourth-order valence-corrected chi connectivity index (χ4v) is 6.32. The van der Waals surface area contributed by atoms with E-state index >= 15 is 0 Å². The lowest BCUT2D eigenvalue weighted by atomic mass is 9.65. The molecule has 0 saturated heterocycles. The van der Waals surface area contributed by atoms with E-state index in [4.69, 9.17) is 9.15 Å². The van der Waals surface area contributed by atoms with E-state index in [-0.39, 0.29) is 24.0 Å². The maximum atomic E-state index is 14.6. The average Bonchev–Trinajstić information content (AvgIpc) is 3.63. The summed E-state index contributed by atoms with van der Waals surface area (Å²) in [6.45, 7) is 0.407. The van der Waals surface area contributed by atoms with Gasteiger partial charge in [-0.3, -0.25) is 9.59 Å².